The molecule has 5 heteroatoms. The zero-order chi connectivity index (χ0) is 12.3. The number of hydrogen-bond acceptors (Lipinski definition) is 4. The molecule has 0 aliphatic carbocycles. The highest BCUT2D eigenvalue weighted by Gasteiger charge is 2.17. The van der Waals surface area contributed by atoms with E-state index < -0.39 is 0 Å². The molecule has 2 aromatic heterocycles. The minimum Gasteiger partial charge on any atom is -0.368 e. The van der Waals surface area contributed by atoms with Gasteiger partial charge in [0.05, 0.1) is 6.20 Å². The fraction of sp³-hybridized carbons (Fsp3) is 0.500. The molecule has 0 unspecified atom stereocenters. The van der Waals surface area contributed by atoms with Gasteiger partial charge in [0.2, 0.25) is 0 Å². The Hall–Kier alpha value is -1.62. The first-order valence-corrected chi connectivity index (χ1v) is 5.85. The van der Waals surface area contributed by atoms with Crippen LogP contribution in [0.3, 0.4) is 0 Å². The van der Waals surface area contributed by atoms with Gasteiger partial charge in [0.15, 0.2) is 5.82 Å². The van der Waals surface area contributed by atoms with Crippen LogP contribution in [0, 0.1) is 5.41 Å². The molecule has 17 heavy (non-hydrogen) atoms. The summed E-state index contributed by atoms with van der Waals surface area (Å²) in [5.74, 6) is 0.870. The molecule has 92 valence electrons. The summed E-state index contributed by atoms with van der Waals surface area (Å²) in [6.07, 6.45) is 6.35. The Morgan fingerprint density at radius 2 is 2.24 bits per heavy atom. The number of fused-ring (bicyclic) bond motifs is 1. The molecule has 0 radical (unpaired) electrons. The summed E-state index contributed by atoms with van der Waals surface area (Å²) in [5, 5.41) is 7.55. The number of rotatable bonds is 5. The standard InChI is InChI=1S/C12H19N5/c1-12(2,4-5-13)9-15-11-10-3-6-16-17(10)8-7-14-11/h3,6-8H,4-5,9,13H2,1-2H3,(H,14,15). The Balaban J connectivity index is 2.11. The Morgan fingerprint density at radius 1 is 1.41 bits per heavy atom. The SMILES string of the molecule is CC(C)(CCN)CNc1nccn2nccc12. The molecule has 2 heterocycles. The van der Waals surface area contributed by atoms with Gasteiger partial charge in [-0.05, 0) is 24.4 Å². The van der Waals surface area contributed by atoms with Crippen molar-refractivity contribution in [2.45, 2.75) is 20.3 Å². The maximum Gasteiger partial charge on any atom is 0.152 e. The average Bonchev–Trinajstić information content (AvgIpc) is 2.74. The van der Waals surface area contributed by atoms with E-state index >= 15 is 0 Å². The smallest absolute Gasteiger partial charge is 0.152 e. The van der Waals surface area contributed by atoms with Crippen molar-refractivity contribution in [3.63, 3.8) is 0 Å². The van der Waals surface area contributed by atoms with E-state index in [-0.39, 0.29) is 5.41 Å². The van der Waals surface area contributed by atoms with Gasteiger partial charge in [-0.25, -0.2) is 9.50 Å². The first-order valence-electron chi connectivity index (χ1n) is 5.85. The minimum absolute atomic E-state index is 0.170. The van der Waals surface area contributed by atoms with Gasteiger partial charge in [-0.3, -0.25) is 0 Å². The van der Waals surface area contributed by atoms with Crippen molar-refractivity contribution in [2.24, 2.45) is 11.1 Å². The Kier molecular flexibility index (Phi) is 3.28. The van der Waals surface area contributed by atoms with Gasteiger partial charge in [-0.15, -0.1) is 0 Å². The number of anilines is 1. The lowest BCUT2D eigenvalue weighted by Crippen LogP contribution is -2.26. The normalized spacial score (nSPS) is 11.9. The molecule has 0 aliphatic heterocycles. The van der Waals surface area contributed by atoms with Crippen molar-refractivity contribution >= 4 is 11.3 Å². The lowest BCUT2D eigenvalue weighted by atomic mass is 9.89. The van der Waals surface area contributed by atoms with E-state index in [0.29, 0.717) is 6.54 Å². The quantitative estimate of drug-likeness (QED) is 0.821. The highest BCUT2D eigenvalue weighted by Crippen LogP contribution is 2.21. The summed E-state index contributed by atoms with van der Waals surface area (Å²) in [7, 11) is 0. The van der Waals surface area contributed by atoms with Crippen LogP contribution in [-0.2, 0) is 0 Å². The molecule has 0 atom stereocenters. The predicted octanol–water partition coefficient (Wildman–Crippen LogP) is 1.52. The van der Waals surface area contributed by atoms with E-state index in [0.717, 1.165) is 24.3 Å². The topological polar surface area (TPSA) is 68.2 Å². The molecular formula is C12H19N5. The van der Waals surface area contributed by atoms with Crippen LogP contribution in [0.2, 0.25) is 0 Å². The summed E-state index contributed by atoms with van der Waals surface area (Å²) in [5.41, 5.74) is 6.77. The van der Waals surface area contributed by atoms with Crippen LogP contribution in [0.4, 0.5) is 5.82 Å². The van der Waals surface area contributed by atoms with Crippen LogP contribution in [0.15, 0.2) is 24.7 Å². The molecular weight excluding hydrogens is 214 g/mol. The molecule has 0 amide bonds. The molecule has 0 fully saturated rings. The third kappa shape index (κ3) is 2.74. The Bertz CT molecular complexity index is 488. The van der Waals surface area contributed by atoms with Crippen LogP contribution in [0.1, 0.15) is 20.3 Å². The van der Waals surface area contributed by atoms with E-state index in [1.165, 1.54) is 0 Å². The van der Waals surface area contributed by atoms with Gasteiger partial charge in [-0.1, -0.05) is 13.8 Å². The van der Waals surface area contributed by atoms with E-state index in [1.807, 2.05) is 16.8 Å². The molecule has 2 rings (SSSR count). The monoisotopic (exact) mass is 233 g/mol. The third-order valence-corrected chi connectivity index (χ3v) is 2.88. The van der Waals surface area contributed by atoms with Crippen molar-refractivity contribution in [3.8, 4) is 0 Å². The van der Waals surface area contributed by atoms with Crippen molar-refractivity contribution in [1.29, 1.82) is 0 Å². The number of hydrogen-bond donors (Lipinski definition) is 2. The molecule has 3 N–H and O–H groups in total. The van der Waals surface area contributed by atoms with Gasteiger partial charge in [0, 0.05) is 18.9 Å². The molecule has 0 saturated heterocycles. The molecule has 5 nitrogen and oxygen atoms in total. The van der Waals surface area contributed by atoms with E-state index in [1.54, 1.807) is 12.4 Å². The first kappa shape index (κ1) is 11.9. The second-order valence-corrected chi connectivity index (χ2v) is 4.99. The summed E-state index contributed by atoms with van der Waals surface area (Å²) < 4.78 is 1.81. The second-order valence-electron chi connectivity index (χ2n) is 4.99. The van der Waals surface area contributed by atoms with Gasteiger partial charge < -0.3 is 11.1 Å². The lowest BCUT2D eigenvalue weighted by molar-refractivity contribution is 0.365. The number of nitrogens with one attached hydrogen (secondary N) is 1. The number of nitrogens with two attached hydrogens (primary N) is 1. The minimum atomic E-state index is 0.170. The highest BCUT2D eigenvalue weighted by atomic mass is 15.2. The maximum atomic E-state index is 5.60. The summed E-state index contributed by atoms with van der Waals surface area (Å²) in [6, 6.07) is 1.95. The third-order valence-electron chi connectivity index (χ3n) is 2.88. The van der Waals surface area contributed by atoms with E-state index in [9.17, 15) is 0 Å². The van der Waals surface area contributed by atoms with Gasteiger partial charge in [0.25, 0.3) is 0 Å². The van der Waals surface area contributed by atoms with Crippen LogP contribution in [0.5, 0.6) is 0 Å². The van der Waals surface area contributed by atoms with Crippen LogP contribution in [0.25, 0.3) is 5.52 Å². The summed E-state index contributed by atoms with van der Waals surface area (Å²) in [4.78, 5) is 4.34. The van der Waals surface area contributed by atoms with Crippen molar-refractivity contribution in [1.82, 2.24) is 14.6 Å². The van der Waals surface area contributed by atoms with Crippen LogP contribution in [-0.4, -0.2) is 27.7 Å². The average molecular weight is 233 g/mol. The zero-order valence-corrected chi connectivity index (χ0v) is 10.3. The fourth-order valence-electron chi connectivity index (χ4n) is 1.80. The highest BCUT2D eigenvalue weighted by molar-refractivity contribution is 5.66. The molecule has 0 bridgehead atoms. The molecule has 0 saturated carbocycles. The predicted molar refractivity (Wildman–Crippen MR) is 68.9 cm³/mol. The molecule has 2 aromatic rings. The van der Waals surface area contributed by atoms with Gasteiger partial charge >= 0.3 is 0 Å². The maximum absolute atomic E-state index is 5.60. The zero-order valence-electron chi connectivity index (χ0n) is 10.3. The van der Waals surface area contributed by atoms with E-state index in [4.69, 9.17) is 5.73 Å². The largest absolute Gasteiger partial charge is 0.368 e. The molecule has 0 aliphatic rings. The van der Waals surface area contributed by atoms with Crippen molar-refractivity contribution < 1.29 is 0 Å². The Morgan fingerprint density at radius 3 is 3.00 bits per heavy atom. The van der Waals surface area contributed by atoms with Gasteiger partial charge in [-0.2, -0.15) is 5.10 Å². The lowest BCUT2D eigenvalue weighted by Gasteiger charge is -2.24. The van der Waals surface area contributed by atoms with Crippen molar-refractivity contribution in [2.75, 3.05) is 18.4 Å². The molecule has 0 aromatic carbocycles. The van der Waals surface area contributed by atoms with Crippen LogP contribution < -0.4 is 11.1 Å². The Labute approximate surface area is 101 Å². The van der Waals surface area contributed by atoms with Crippen molar-refractivity contribution in [3.05, 3.63) is 24.7 Å². The van der Waals surface area contributed by atoms with Gasteiger partial charge in [0.1, 0.15) is 5.52 Å². The van der Waals surface area contributed by atoms with E-state index in [2.05, 4.69) is 29.2 Å². The fourth-order valence-corrected chi connectivity index (χ4v) is 1.80. The molecule has 0 spiro atoms. The first-order chi connectivity index (χ1) is 8.12. The summed E-state index contributed by atoms with van der Waals surface area (Å²) in [6.45, 7) is 5.95. The van der Waals surface area contributed by atoms with Crippen LogP contribution >= 0.6 is 0 Å². The second kappa shape index (κ2) is 4.71. The summed E-state index contributed by atoms with van der Waals surface area (Å²) >= 11 is 0. The number of aromatic nitrogens is 3. The number of nitrogens with zero attached hydrogens (tertiary/aromatic N) is 3.